The summed E-state index contributed by atoms with van der Waals surface area (Å²) in [5, 5.41) is 12.8. The van der Waals surface area contributed by atoms with Gasteiger partial charge in [-0.05, 0) is 23.8 Å². The molecule has 0 atom stereocenters. The summed E-state index contributed by atoms with van der Waals surface area (Å²) in [7, 11) is 1.52. The Balaban J connectivity index is 2.04. The Hall–Kier alpha value is -2.61. The lowest BCUT2D eigenvalue weighted by atomic mass is 10.1. The van der Waals surface area contributed by atoms with Gasteiger partial charge in [0.15, 0.2) is 0 Å². The number of carbonyl (C=O) groups excluding carboxylic acids is 1. The number of imidazole rings is 1. The van der Waals surface area contributed by atoms with Crippen LogP contribution >= 0.6 is 11.6 Å². The number of anilines is 1. The van der Waals surface area contributed by atoms with Gasteiger partial charge in [0.2, 0.25) is 5.91 Å². The number of aliphatic hydroxyl groups is 1. The molecular weight excluding hydrogens is 344 g/mol. The minimum absolute atomic E-state index is 0.0882. The Morgan fingerprint density at radius 2 is 2.24 bits per heavy atom. The highest BCUT2D eigenvalue weighted by atomic mass is 35.5. The summed E-state index contributed by atoms with van der Waals surface area (Å²) in [6.45, 7) is -0.260. The van der Waals surface area contributed by atoms with Gasteiger partial charge in [0.25, 0.3) is 0 Å². The number of aromatic nitrogens is 2. The number of ether oxygens (including phenoxy) is 1. The molecule has 1 aromatic carbocycles. The van der Waals surface area contributed by atoms with Crippen LogP contribution in [0.4, 0.5) is 5.69 Å². The SMILES string of the molecule is COc1cc(CO)c(-c2cn3ccc(NC(=O)CN)cc3n2)cc1Cl. The number of nitrogens with two attached hydrogens (primary N) is 1. The molecule has 0 aliphatic carbocycles. The molecule has 8 heteroatoms. The summed E-state index contributed by atoms with van der Waals surface area (Å²) < 4.78 is 6.99. The second-order valence-corrected chi connectivity index (χ2v) is 5.77. The molecule has 130 valence electrons. The molecule has 25 heavy (non-hydrogen) atoms. The monoisotopic (exact) mass is 360 g/mol. The van der Waals surface area contributed by atoms with Gasteiger partial charge in [0.05, 0.1) is 31.0 Å². The van der Waals surface area contributed by atoms with E-state index in [1.54, 1.807) is 30.5 Å². The zero-order valence-electron chi connectivity index (χ0n) is 13.5. The minimum Gasteiger partial charge on any atom is -0.495 e. The van der Waals surface area contributed by atoms with Gasteiger partial charge < -0.3 is 25.3 Å². The van der Waals surface area contributed by atoms with Crippen molar-refractivity contribution in [2.45, 2.75) is 6.61 Å². The van der Waals surface area contributed by atoms with Crippen LogP contribution in [-0.4, -0.2) is 34.1 Å². The topological polar surface area (TPSA) is 102 Å². The Morgan fingerprint density at radius 3 is 2.92 bits per heavy atom. The number of benzene rings is 1. The van der Waals surface area contributed by atoms with Crippen LogP contribution in [0.1, 0.15) is 5.56 Å². The molecule has 1 amide bonds. The third-order valence-electron chi connectivity index (χ3n) is 3.75. The molecule has 3 rings (SSSR count). The minimum atomic E-state index is -0.277. The number of fused-ring (bicyclic) bond motifs is 1. The molecular formula is C17H17ClN4O3. The maximum absolute atomic E-state index is 11.4. The van der Waals surface area contributed by atoms with E-state index in [2.05, 4.69) is 10.3 Å². The molecule has 0 bridgehead atoms. The van der Waals surface area contributed by atoms with Crippen molar-refractivity contribution in [2.24, 2.45) is 5.73 Å². The Morgan fingerprint density at radius 1 is 1.44 bits per heavy atom. The summed E-state index contributed by atoms with van der Waals surface area (Å²) in [5.74, 6) is 0.214. The number of aliphatic hydroxyl groups excluding tert-OH is 1. The zero-order valence-corrected chi connectivity index (χ0v) is 14.2. The van der Waals surface area contributed by atoms with E-state index in [0.29, 0.717) is 38.9 Å². The van der Waals surface area contributed by atoms with Gasteiger partial charge in [0.1, 0.15) is 11.4 Å². The highest BCUT2D eigenvalue weighted by Crippen LogP contribution is 2.33. The first-order valence-corrected chi connectivity index (χ1v) is 7.89. The number of halogens is 1. The number of nitrogens with zero attached hydrogens (tertiary/aromatic N) is 2. The van der Waals surface area contributed by atoms with E-state index in [-0.39, 0.29) is 19.1 Å². The number of carbonyl (C=O) groups is 1. The van der Waals surface area contributed by atoms with Gasteiger partial charge in [-0.1, -0.05) is 11.6 Å². The van der Waals surface area contributed by atoms with E-state index in [4.69, 9.17) is 22.1 Å². The van der Waals surface area contributed by atoms with Crippen molar-refractivity contribution in [1.29, 1.82) is 0 Å². The van der Waals surface area contributed by atoms with Crippen LogP contribution in [0.2, 0.25) is 5.02 Å². The van der Waals surface area contributed by atoms with E-state index >= 15 is 0 Å². The largest absolute Gasteiger partial charge is 0.495 e. The fourth-order valence-electron chi connectivity index (χ4n) is 2.52. The van der Waals surface area contributed by atoms with Crippen molar-refractivity contribution >= 4 is 28.8 Å². The first kappa shape index (κ1) is 17.2. The smallest absolute Gasteiger partial charge is 0.238 e. The van der Waals surface area contributed by atoms with Gasteiger partial charge >= 0.3 is 0 Å². The number of methoxy groups -OCH3 is 1. The van der Waals surface area contributed by atoms with Gasteiger partial charge in [-0.2, -0.15) is 0 Å². The molecule has 0 unspecified atom stereocenters. The molecule has 0 aliphatic heterocycles. The lowest BCUT2D eigenvalue weighted by Crippen LogP contribution is -2.21. The van der Waals surface area contributed by atoms with Gasteiger partial charge in [-0.25, -0.2) is 4.98 Å². The average molecular weight is 361 g/mol. The van der Waals surface area contributed by atoms with Gasteiger partial charge in [-0.15, -0.1) is 0 Å². The van der Waals surface area contributed by atoms with Crippen molar-refractivity contribution in [3.05, 3.63) is 47.2 Å². The number of hydrogen-bond donors (Lipinski definition) is 3. The van der Waals surface area contributed by atoms with E-state index < -0.39 is 0 Å². The quantitative estimate of drug-likeness (QED) is 0.646. The molecule has 4 N–H and O–H groups in total. The Labute approximate surface area is 149 Å². The third-order valence-corrected chi connectivity index (χ3v) is 4.05. The third kappa shape index (κ3) is 3.43. The van der Waals surface area contributed by atoms with Crippen molar-refractivity contribution in [2.75, 3.05) is 19.0 Å². The van der Waals surface area contributed by atoms with Crippen molar-refractivity contribution in [3.63, 3.8) is 0 Å². The molecule has 2 heterocycles. The summed E-state index contributed by atoms with van der Waals surface area (Å²) in [4.78, 5) is 16.0. The van der Waals surface area contributed by atoms with Crippen LogP contribution in [0.3, 0.4) is 0 Å². The fraction of sp³-hybridized carbons (Fsp3) is 0.176. The number of rotatable bonds is 5. The van der Waals surface area contributed by atoms with Crippen LogP contribution in [0.15, 0.2) is 36.7 Å². The molecule has 0 aliphatic rings. The Bertz CT molecular complexity index is 939. The number of nitrogens with one attached hydrogen (secondary N) is 1. The van der Waals surface area contributed by atoms with Crippen molar-refractivity contribution < 1.29 is 14.6 Å². The lowest BCUT2D eigenvalue weighted by Gasteiger charge is -2.09. The van der Waals surface area contributed by atoms with E-state index in [1.807, 2.05) is 10.6 Å². The molecule has 0 spiro atoms. The fourth-order valence-corrected chi connectivity index (χ4v) is 2.76. The molecule has 3 aromatic rings. The van der Waals surface area contributed by atoms with Crippen molar-refractivity contribution in [3.8, 4) is 17.0 Å². The van der Waals surface area contributed by atoms with Crippen LogP contribution in [0.5, 0.6) is 5.75 Å². The predicted molar refractivity (Wildman–Crippen MR) is 95.8 cm³/mol. The normalized spacial score (nSPS) is 10.9. The highest BCUT2D eigenvalue weighted by Gasteiger charge is 2.14. The number of amides is 1. The zero-order chi connectivity index (χ0) is 18.0. The van der Waals surface area contributed by atoms with Gasteiger partial charge in [-0.3, -0.25) is 4.79 Å². The predicted octanol–water partition coefficient (Wildman–Crippen LogP) is 2.05. The number of hydrogen-bond acceptors (Lipinski definition) is 5. The number of pyridine rings is 1. The average Bonchev–Trinajstić information content (AvgIpc) is 3.04. The lowest BCUT2D eigenvalue weighted by molar-refractivity contribution is -0.114. The summed E-state index contributed by atoms with van der Waals surface area (Å²) in [6, 6.07) is 6.89. The Kier molecular flexibility index (Phi) is 4.89. The first-order valence-electron chi connectivity index (χ1n) is 7.52. The molecule has 0 radical (unpaired) electrons. The molecule has 2 aromatic heterocycles. The second kappa shape index (κ2) is 7.10. The molecule has 0 saturated carbocycles. The highest BCUT2D eigenvalue weighted by molar-refractivity contribution is 6.32. The summed E-state index contributed by atoms with van der Waals surface area (Å²) in [5.41, 5.74) is 8.56. The summed E-state index contributed by atoms with van der Waals surface area (Å²) in [6.07, 6.45) is 3.60. The summed E-state index contributed by atoms with van der Waals surface area (Å²) >= 11 is 6.21. The maximum atomic E-state index is 11.4. The van der Waals surface area contributed by atoms with Crippen LogP contribution in [0, 0.1) is 0 Å². The molecule has 7 nitrogen and oxygen atoms in total. The van der Waals surface area contributed by atoms with Crippen LogP contribution < -0.4 is 15.8 Å². The van der Waals surface area contributed by atoms with Crippen molar-refractivity contribution in [1.82, 2.24) is 9.38 Å². The van der Waals surface area contributed by atoms with Gasteiger partial charge in [0, 0.05) is 29.7 Å². The van der Waals surface area contributed by atoms with E-state index in [9.17, 15) is 9.90 Å². The molecule has 0 fully saturated rings. The second-order valence-electron chi connectivity index (χ2n) is 5.36. The van der Waals surface area contributed by atoms with E-state index in [0.717, 1.165) is 0 Å². The maximum Gasteiger partial charge on any atom is 0.238 e. The van der Waals surface area contributed by atoms with Crippen LogP contribution in [0.25, 0.3) is 16.9 Å². The van der Waals surface area contributed by atoms with E-state index in [1.165, 1.54) is 7.11 Å². The van der Waals surface area contributed by atoms with Crippen LogP contribution in [-0.2, 0) is 11.4 Å². The molecule has 0 saturated heterocycles. The standard InChI is InChI=1S/C17H17ClN4O3/c1-25-15-4-10(9-23)12(6-13(15)18)14-8-22-3-2-11(5-16(22)21-14)20-17(24)7-19/h2-6,8,23H,7,9,19H2,1H3,(H,20,24). The first-order chi connectivity index (χ1) is 12.0.